The Morgan fingerprint density at radius 1 is 1.50 bits per heavy atom. The highest BCUT2D eigenvalue weighted by Crippen LogP contribution is 2.03. The summed E-state index contributed by atoms with van der Waals surface area (Å²) in [6.07, 6.45) is 5.12. The minimum absolute atomic E-state index is 0.197. The molecule has 14 heavy (non-hydrogen) atoms. The van der Waals surface area contributed by atoms with E-state index in [1.807, 2.05) is 13.0 Å². The van der Waals surface area contributed by atoms with Gasteiger partial charge in [-0.15, -0.1) is 0 Å². The Balaban J connectivity index is 2.11. The SMILES string of the molecule is CCCOCCC(=O)Cc1ccoc1. The van der Waals surface area contributed by atoms with E-state index in [-0.39, 0.29) is 5.78 Å². The third-order valence-electron chi connectivity index (χ3n) is 1.86. The van der Waals surface area contributed by atoms with E-state index in [2.05, 4.69) is 0 Å². The summed E-state index contributed by atoms with van der Waals surface area (Å²) in [6, 6.07) is 1.81. The van der Waals surface area contributed by atoms with Crippen molar-refractivity contribution in [2.75, 3.05) is 13.2 Å². The second-order valence-corrected chi connectivity index (χ2v) is 3.21. The molecule has 3 heteroatoms. The van der Waals surface area contributed by atoms with Gasteiger partial charge in [0.15, 0.2) is 0 Å². The monoisotopic (exact) mass is 196 g/mol. The quantitative estimate of drug-likeness (QED) is 0.628. The summed E-state index contributed by atoms with van der Waals surface area (Å²) >= 11 is 0. The first-order valence-electron chi connectivity index (χ1n) is 4.93. The van der Waals surface area contributed by atoms with Crippen LogP contribution in [-0.4, -0.2) is 19.0 Å². The van der Waals surface area contributed by atoms with E-state index in [0.717, 1.165) is 18.6 Å². The molecule has 1 aromatic rings. The molecule has 1 heterocycles. The van der Waals surface area contributed by atoms with Crippen LogP contribution >= 0.6 is 0 Å². The van der Waals surface area contributed by atoms with Gasteiger partial charge in [0.25, 0.3) is 0 Å². The summed E-state index contributed by atoms with van der Waals surface area (Å²) in [5.41, 5.74) is 0.936. The van der Waals surface area contributed by atoms with Gasteiger partial charge < -0.3 is 9.15 Å². The Kier molecular flexibility index (Phi) is 5.00. The highest BCUT2D eigenvalue weighted by Gasteiger charge is 2.04. The van der Waals surface area contributed by atoms with Crippen LogP contribution < -0.4 is 0 Å². The van der Waals surface area contributed by atoms with Crippen LogP contribution in [0.1, 0.15) is 25.3 Å². The van der Waals surface area contributed by atoms with Crippen molar-refractivity contribution in [3.8, 4) is 0 Å². The lowest BCUT2D eigenvalue weighted by Gasteiger charge is -2.00. The van der Waals surface area contributed by atoms with Gasteiger partial charge in [-0.25, -0.2) is 0 Å². The van der Waals surface area contributed by atoms with Crippen molar-refractivity contribution in [3.05, 3.63) is 24.2 Å². The minimum atomic E-state index is 0.197. The average molecular weight is 196 g/mol. The van der Waals surface area contributed by atoms with Crippen LogP contribution in [0.15, 0.2) is 23.0 Å². The number of hydrogen-bond acceptors (Lipinski definition) is 3. The van der Waals surface area contributed by atoms with E-state index in [1.165, 1.54) is 0 Å². The summed E-state index contributed by atoms with van der Waals surface area (Å²) in [5, 5.41) is 0. The van der Waals surface area contributed by atoms with Crippen molar-refractivity contribution in [3.63, 3.8) is 0 Å². The Morgan fingerprint density at radius 3 is 3.00 bits per heavy atom. The molecule has 3 nitrogen and oxygen atoms in total. The molecule has 0 bridgehead atoms. The van der Waals surface area contributed by atoms with Gasteiger partial charge in [0.05, 0.1) is 19.1 Å². The predicted molar refractivity (Wildman–Crippen MR) is 53.1 cm³/mol. The van der Waals surface area contributed by atoms with Crippen molar-refractivity contribution >= 4 is 5.78 Å². The van der Waals surface area contributed by atoms with Crippen LogP contribution in [0.2, 0.25) is 0 Å². The fraction of sp³-hybridized carbons (Fsp3) is 0.545. The Bertz CT molecular complexity index is 252. The lowest BCUT2D eigenvalue weighted by atomic mass is 10.1. The lowest BCUT2D eigenvalue weighted by Crippen LogP contribution is -2.07. The Labute approximate surface area is 84.1 Å². The molecular formula is C11H16O3. The van der Waals surface area contributed by atoms with Crippen molar-refractivity contribution in [1.82, 2.24) is 0 Å². The summed E-state index contributed by atoms with van der Waals surface area (Å²) in [4.78, 5) is 11.4. The maximum Gasteiger partial charge on any atom is 0.139 e. The van der Waals surface area contributed by atoms with Gasteiger partial charge >= 0.3 is 0 Å². The zero-order valence-electron chi connectivity index (χ0n) is 8.49. The van der Waals surface area contributed by atoms with Gasteiger partial charge in [-0.1, -0.05) is 6.92 Å². The first kappa shape index (κ1) is 11.0. The van der Waals surface area contributed by atoms with Crippen LogP contribution in [-0.2, 0) is 16.0 Å². The third kappa shape index (κ3) is 4.23. The minimum Gasteiger partial charge on any atom is -0.472 e. The fourth-order valence-electron chi connectivity index (χ4n) is 1.14. The molecule has 0 aromatic carbocycles. The number of ketones is 1. The number of rotatable bonds is 7. The van der Waals surface area contributed by atoms with Crippen LogP contribution in [0.3, 0.4) is 0 Å². The van der Waals surface area contributed by atoms with Gasteiger partial charge in [-0.2, -0.15) is 0 Å². The summed E-state index contributed by atoms with van der Waals surface area (Å²) in [6.45, 7) is 3.32. The standard InChI is InChI=1S/C11H16O3/c1-2-5-13-7-4-11(12)8-10-3-6-14-9-10/h3,6,9H,2,4-5,7-8H2,1H3. The number of furan rings is 1. The van der Waals surface area contributed by atoms with E-state index in [4.69, 9.17) is 9.15 Å². The second kappa shape index (κ2) is 6.38. The van der Waals surface area contributed by atoms with Gasteiger partial charge in [0.1, 0.15) is 5.78 Å². The molecule has 0 aliphatic carbocycles. The van der Waals surface area contributed by atoms with Crippen molar-refractivity contribution in [2.45, 2.75) is 26.2 Å². The van der Waals surface area contributed by atoms with Crippen molar-refractivity contribution in [2.24, 2.45) is 0 Å². The Hall–Kier alpha value is -1.09. The van der Waals surface area contributed by atoms with E-state index < -0.39 is 0 Å². The zero-order chi connectivity index (χ0) is 10.2. The number of ether oxygens (including phenoxy) is 1. The number of hydrogen-bond donors (Lipinski definition) is 0. The molecule has 0 radical (unpaired) electrons. The molecule has 1 aromatic heterocycles. The molecule has 0 fully saturated rings. The maximum atomic E-state index is 11.4. The van der Waals surface area contributed by atoms with Gasteiger partial charge in [0, 0.05) is 19.4 Å². The molecule has 0 aliphatic heterocycles. The average Bonchev–Trinajstić information content (AvgIpc) is 2.65. The number of carbonyl (C=O) groups excluding carboxylic acids is 1. The van der Waals surface area contributed by atoms with Crippen LogP contribution in [0, 0.1) is 0 Å². The number of Topliss-reactive ketones (excluding diaryl/α,β-unsaturated/α-hetero) is 1. The van der Waals surface area contributed by atoms with Crippen LogP contribution in [0.4, 0.5) is 0 Å². The highest BCUT2D eigenvalue weighted by atomic mass is 16.5. The summed E-state index contributed by atoms with van der Waals surface area (Å²) < 4.78 is 10.1. The molecule has 78 valence electrons. The van der Waals surface area contributed by atoms with Crippen LogP contribution in [0.25, 0.3) is 0 Å². The van der Waals surface area contributed by atoms with Gasteiger partial charge in [-0.3, -0.25) is 4.79 Å². The highest BCUT2D eigenvalue weighted by molar-refractivity contribution is 5.80. The van der Waals surface area contributed by atoms with Crippen LogP contribution in [0.5, 0.6) is 0 Å². The van der Waals surface area contributed by atoms with E-state index in [1.54, 1.807) is 12.5 Å². The molecule has 0 unspecified atom stereocenters. The first-order chi connectivity index (χ1) is 6.83. The van der Waals surface area contributed by atoms with Crippen molar-refractivity contribution < 1.29 is 13.9 Å². The van der Waals surface area contributed by atoms with E-state index >= 15 is 0 Å². The maximum absolute atomic E-state index is 11.4. The van der Waals surface area contributed by atoms with Gasteiger partial charge in [-0.05, 0) is 18.1 Å². The summed E-state index contributed by atoms with van der Waals surface area (Å²) in [5.74, 6) is 0.197. The molecule has 0 spiro atoms. The molecule has 0 N–H and O–H groups in total. The molecule has 0 aliphatic rings. The lowest BCUT2D eigenvalue weighted by molar-refractivity contribution is -0.119. The number of carbonyl (C=O) groups is 1. The topological polar surface area (TPSA) is 39.4 Å². The molecule has 0 saturated heterocycles. The first-order valence-corrected chi connectivity index (χ1v) is 4.93. The largest absolute Gasteiger partial charge is 0.472 e. The van der Waals surface area contributed by atoms with E-state index in [9.17, 15) is 4.79 Å². The third-order valence-corrected chi connectivity index (χ3v) is 1.86. The zero-order valence-corrected chi connectivity index (χ0v) is 8.49. The van der Waals surface area contributed by atoms with Crippen molar-refractivity contribution in [1.29, 1.82) is 0 Å². The molecular weight excluding hydrogens is 180 g/mol. The molecule has 0 amide bonds. The van der Waals surface area contributed by atoms with Gasteiger partial charge in [0.2, 0.25) is 0 Å². The van der Waals surface area contributed by atoms with E-state index in [0.29, 0.717) is 19.4 Å². The fourth-order valence-corrected chi connectivity index (χ4v) is 1.14. The second-order valence-electron chi connectivity index (χ2n) is 3.21. The smallest absolute Gasteiger partial charge is 0.139 e. The molecule has 0 saturated carbocycles. The Morgan fingerprint density at radius 2 is 2.36 bits per heavy atom. The molecule has 1 rings (SSSR count). The predicted octanol–water partition coefficient (Wildman–Crippen LogP) is 2.21. The normalized spacial score (nSPS) is 10.4. The molecule has 0 atom stereocenters. The summed E-state index contributed by atoms with van der Waals surface area (Å²) in [7, 11) is 0.